The molecule has 1 aromatic carbocycles. The lowest BCUT2D eigenvalue weighted by molar-refractivity contribution is -0.145. The highest BCUT2D eigenvalue weighted by atomic mass is 32.2. The fraction of sp³-hybridized carbons (Fsp3) is 0.333. The first-order valence-electron chi connectivity index (χ1n) is 8.67. The van der Waals surface area contributed by atoms with Gasteiger partial charge in [-0.15, -0.1) is 0 Å². The fourth-order valence-electron chi connectivity index (χ4n) is 2.55. The summed E-state index contributed by atoms with van der Waals surface area (Å²) in [6.07, 6.45) is -0.652. The van der Waals surface area contributed by atoms with Gasteiger partial charge in [0.15, 0.2) is 0 Å². The van der Waals surface area contributed by atoms with E-state index in [1.807, 2.05) is 4.72 Å². The van der Waals surface area contributed by atoms with Crippen LogP contribution in [-0.2, 0) is 25.3 Å². The van der Waals surface area contributed by atoms with Crippen LogP contribution < -0.4 is 19.5 Å². The highest BCUT2D eigenvalue weighted by Gasteiger charge is 2.21. The molecule has 1 atom stereocenters. The number of amides is 2. The molecule has 0 fully saturated rings. The highest BCUT2D eigenvalue weighted by Crippen LogP contribution is 2.23. The van der Waals surface area contributed by atoms with Crippen molar-refractivity contribution < 1.29 is 32.2 Å². The average molecular weight is 438 g/mol. The SMILES string of the molecule is COc1cc(OC)nc(NC(=O)NS(=O)(=O)Cc2ccccc2C(C)OC(C)=O)n1. The first-order valence-corrected chi connectivity index (χ1v) is 10.3. The van der Waals surface area contributed by atoms with E-state index in [2.05, 4.69) is 15.3 Å². The summed E-state index contributed by atoms with van der Waals surface area (Å²) in [5.41, 5.74) is 0.894. The minimum Gasteiger partial charge on any atom is -0.481 e. The standard InChI is InChI=1S/C18H22N4O7S/c1-11(29-12(2)23)14-8-6-5-7-13(14)10-30(25,26)22-18(24)21-17-19-15(27-3)9-16(20-17)28-4/h5-9,11H,10H2,1-4H3,(H2,19,20,21,22,24). The fourth-order valence-corrected chi connectivity index (χ4v) is 3.63. The summed E-state index contributed by atoms with van der Waals surface area (Å²) in [6, 6.07) is 6.89. The molecule has 11 nitrogen and oxygen atoms in total. The van der Waals surface area contributed by atoms with Crippen LogP contribution in [0, 0.1) is 0 Å². The van der Waals surface area contributed by atoms with Gasteiger partial charge >= 0.3 is 12.0 Å². The van der Waals surface area contributed by atoms with Gasteiger partial charge in [0.25, 0.3) is 0 Å². The van der Waals surface area contributed by atoms with E-state index in [0.29, 0.717) is 11.1 Å². The lowest BCUT2D eigenvalue weighted by Crippen LogP contribution is -2.35. The van der Waals surface area contributed by atoms with Crippen LogP contribution in [0.3, 0.4) is 0 Å². The Bertz CT molecular complexity index is 1000. The van der Waals surface area contributed by atoms with Gasteiger partial charge in [-0.3, -0.25) is 10.1 Å². The Morgan fingerprint density at radius 2 is 1.70 bits per heavy atom. The van der Waals surface area contributed by atoms with E-state index >= 15 is 0 Å². The zero-order valence-corrected chi connectivity index (χ0v) is 17.6. The molecule has 162 valence electrons. The first kappa shape index (κ1) is 22.9. The molecule has 0 aliphatic carbocycles. The largest absolute Gasteiger partial charge is 0.481 e. The molecule has 1 heterocycles. The van der Waals surface area contributed by atoms with E-state index in [-0.39, 0.29) is 17.7 Å². The number of anilines is 1. The summed E-state index contributed by atoms with van der Waals surface area (Å²) in [5.74, 6) is -0.972. The molecule has 30 heavy (non-hydrogen) atoms. The minimum absolute atomic E-state index is 0.119. The summed E-state index contributed by atoms with van der Waals surface area (Å²) in [4.78, 5) is 31.1. The first-order chi connectivity index (χ1) is 14.1. The minimum atomic E-state index is -4.09. The van der Waals surface area contributed by atoms with Gasteiger partial charge < -0.3 is 14.2 Å². The van der Waals surface area contributed by atoms with E-state index in [9.17, 15) is 18.0 Å². The number of hydrogen-bond acceptors (Lipinski definition) is 9. The molecule has 1 aromatic heterocycles. The summed E-state index contributed by atoms with van der Waals surface area (Å²) in [5, 5.41) is 2.22. The molecular weight excluding hydrogens is 416 g/mol. The smallest absolute Gasteiger partial charge is 0.335 e. The molecule has 2 rings (SSSR count). The van der Waals surface area contributed by atoms with E-state index in [0.717, 1.165) is 0 Å². The molecule has 0 saturated carbocycles. The van der Waals surface area contributed by atoms with Crippen LogP contribution in [0.2, 0.25) is 0 Å². The third kappa shape index (κ3) is 6.58. The molecule has 0 spiro atoms. The summed E-state index contributed by atoms with van der Waals surface area (Å²) >= 11 is 0. The number of esters is 1. The van der Waals surface area contributed by atoms with Crippen molar-refractivity contribution >= 4 is 28.0 Å². The average Bonchev–Trinajstić information content (AvgIpc) is 2.66. The second kappa shape index (κ2) is 9.87. The number of carbonyl (C=O) groups is 2. The quantitative estimate of drug-likeness (QED) is 0.589. The number of aromatic nitrogens is 2. The molecule has 1 unspecified atom stereocenters. The number of nitrogens with zero attached hydrogens (tertiary/aromatic N) is 2. The van der Waals surface area contributed by atoms with E-state index in [1.165, 1.54) is 27.2 Å². The van der Waals surface area contributed by atoms with Gasteiger partial charge in [-0.25, -0.2) is 17.9 Å². The lowest BCUT2D eigenvalue weighted by atomic mass is 10.0. The van der Waals surface area contributed by atoms with Crippen molar-refractivity contribution in [3.8, 4) is 11.8 Å². The predicted octanol–water partition coefficient (Wildman–Crippen LogP) is 1.77. The molecule has 2 N–H and O–H groups in total. The maximum Gasteiger partial charge on any atom is 0.335 e. The number of urea groups is 1. The third-order valence-corrected chi connectivity index (χ3v) is 4.94. The van der Waals surface area contributed by atoms with Crippen LogP contribution in [0.1, 0.15) is 31.1 Å². The van der Waals surface area contributed by atoms with Crippen molar-refractivity contribution in [3.05, 3.63) is 41.5 Å². The number of carbonyl (C=O) groups excluding carboxylic acids is 2. The van der Waals surface area contributed by atoms with Gasteiger partial charge in [0.05, 0.1) is 26.0 Å². The Morgan fingerprint density at radius 1 is 1.10 bits per heavy atom. The van der Waals surface area contributed by atoms with Gasteiger partial charge in [0.1, 0.15) is 6.10 Å². The normalized spacial score (nSPS) is 11.9. The third-order valence-electron chi connectivity index (χ3n) is 3.75. The Kier molecular flexibility index (Phi) is 7.53. The lowest BCUT2D eigenvalue weighted by Gasteiger charge is -2.16. The van der Waals surface area contributed by atoms with Crippen LogP contribution >= 0.6 is 0 Å². The van der Waals surface area contributed by atoms with Crippen LogP contribution in [0.5, 0.6) is 11.8 Å². The van der Waals surface area contributed by atoms with Crippen molar-refractivity contribution in [2.24, 2.45) is 0 Å². The predicted molar refractivity (Wildman–Crippen MR) is 107 cm³/mol. The Labute approximate surface area is 173 Å². The van der Waals surface area contributed by atoms with E-state index < -0.39 is 33.9 Å². The van der Waals surface area contributed by atoms with E-state index in [4.69, 9.17) is 14.2 Å². The summed E-state index contributed by atoms with van der Waals surface area (Å²) < 4.78 is 41.9. The topological polar surface area (TPSA) is 146 Å². The number of hydrogen-bond donors (Lipinski definition) is 2. The zero-order chi connectivity index (χ0) is 22.3. The van der Waals surface area contributed by atoms with Gasteiger partial charge in [0.2, 0.25) is 27.7 Å². The van der Waals surface area contributed by atoms with Gasteiger partial charge in [-0.1, -0.05) is 24.3 Å². The number of methoxy groups -OCH3 is 2. The van der Waals surface area contributed by atoms with Crippen LogP contribution in [0.15, 0.2) is 30.3 Å². The Balaban J connectivity index is 2.13. The summed E-state index contributed by atoms with van der Waals surface area (Å²) in [7, 11) is -1.36. The second-order valence-electron chi connectivity index (χ2n) is 6.04. The zero-order valence-electron chi connectivity index (χ0n) is 16.8. The van der Waals surface area contributed by atoms with Crippen molar-refractivity contribution in [2.45, 2.75) is 25.7 Å². The molecular formula is C18H22N4O7S. The van der Waals surface area contributed by atoms with E-state index in [1.54, 1.807) is 31.2 Å². The maximum absolute atomic E-state index is 12.5. The van der Waals surface area contributed by atoms with Crippen molar-refractivity contribution in [1.29, 1.82) is 0 Å². The van der Waals surface area contributed by atoms with Crippen LogP contribution in [0.4, 0.5) is 10.7 Å². The molecule has 0 aliphatic rings. The molecule has 0 radical (unpaired) electrons. The van der Waals surface area contributed by atoms with Gasteiger partial charge in [-0.2, -0.15) is 9.97 Å². The molecule has 12 heteroatoms. The maximum atomic E-state index is 12.5. The van der Waals surface area contributed by atoms with Crippen molar-refractivity contribution in [2.75, 3.05) is 19.5 Å². The monoisotopic (exact) mass is 438 g/mol. The van der Waals surface area contributed by atoms with Crippen molar-refractivity contribution in [1.82, 2.24) is 14.7 Å². The van der Waals surface area contributed by atoms with Crippen molar-refractivity contribution in [3.63, 3.8) is 0 Å². The molecule has 2 amide bonds. The number of sulfonamides is 1. The molecule has 0 saturated heterocycles. The number of benzene rings is 1. The second-order valence-corrected chi connectivity index (χ2v) is 7.76. The summed E-state index contributed by atoms with van der Waals surface area (Å²) in [6.45, 7) is 2.89. The number of nitrogens with one attached hydrogen (secondary N) is 2. The molecule has 0 aliphatic heterocycles. The van der Waals surface area contributed by atoms with Gasteiger partial charge in [0, 0.05) is 6.92 Å². The van der Waals surface area contributed by atoms with Crippen LogP contribution in [0.25, 0.3) is 0 Å². The number of ether oxygens (including phenoxy) is 3. The Hall–Kier alpha value is -3.41. The van der Waals surface area contributed by atoms with Gasteiger partial charge in [-0.05, 0) is 18.1 Å². The van der Waals surface area contributed by atoms with Crippen LogP contribution in [-0.4, -0.2) is 44.6 Å². The highest BCUT2D eigenvalue weighted by molar-refractivity contribution is 7.89. The number of rotatable bonds is 8. The molecule has 0 bridgehead atoms. The molecule has 2 aromatic rings. The Morgan fingerprint density at radius 3 is 2.27 bits per heavy atom.